The molecule has 0 bridgehead atoms. The minimum atomic E-state index is 0.0477. The number of hydrogen-bond donors (Lipinski definition) is 2. The molecule has 0 fully saturated rings. The summed E-state index contributed by atoms with van der Waals surface area (Å²) in [4.78, 5) is 0.817. The molecule has 0 aromatic heterocycles. The number of rotatable bonds is 1. The molecule has 1 aromatic rings. The van der Waals surface area contributed by atoms with Crippen molar-refractivity contribution >= 4 is 28.6 Å². The number of thiol groups is 1. The first-order chi connectivity index (χ1) is 4.74. The predicted molar refractivity (Wildman–Crippen MR) is 47.3 cm³/mol. The molecular formula is C7H7BrOS. The number of halogens is 1. The molecule has 0 aliphatic carbocycles. The summed E-state index contributed by atoms with van der Waals surface area (Å²) in [5.74, 6) is 0. The van der Waals surface area contributed by atoms with Gasteiger partial charge in [0.2, 0.25) is 0 Å². The molecule has 0 radical (unpaired) electrons. The molecule has 0 spiro atoms. The fourth-order valence-corrected chi connectivity index (χ4v) is 1.49. The van der Waals surface area contributed by atoms with Crippen LogP contribution < -0.4 is 0 Å². The van der Waals surface area contributed by atoms with Gasteiger partial charge in [-0.1, -0.05) is 22.0 Å². The lowest BCUT2D eigenvalue weighted by Crippen LogP contribution is -1.83. The fourth-order valence-electron chi connectivity index (χ4n) is 0.671. The van der Waals surface area contributed by atoms with Crippen LogP contribution >= 0.6 is 28.6 Å². The normalized spacial score (nSPS) is 9.90. The van der Waals surface area contributed by atoms with E-state index in [2.05, 4.69) is 28.6 Å². The molecule has 1 rings (SSSR count). The van der Waals surface area contributed by atoms with Crippen LogP contribution in [0.1, 0.15) is 5.56 Å². The first-order valence-corrected chi connectivity index (χ1v) is 4.06. The van der Waals surface area contributed by atoms with Crippen LogP contribution in [0.15, 0.2) is 27.6 Å². The third kappa shape index (κ3) is 1.75. The number of aliphatic hydroxyl groups is 1. The van der Waals surface area contributed by atoms with E-state index in [1.807, 2.05) is 18.2 Å². The monoisotopic (exact) mass is 218 g/mol. The van der Waals surface area contributed by atoms with Crippen molar-refractivity contribution in [3.63, 3.8) is 0 Å². The summed E-state index contributed by atoms with van der Waals surface area (Å²) < 4.78 is 0.981. The van der Waals surface area contributed by atoms with Crippen LogP contribution in [0.4, 0.5) is 0 Å². The lowest BCUT2D eigenvalue weighted by molar-refractivity contribution is 0.279. The van der Waals surface area contributed by atoms with E-state index in [0.29, 0.717) is 0 Å². The Hall–Kier alpha value is 0.01000. The third-order valence-corrected chi connectivity index (χ3v) is 2.13. The number of aliphatic hydroxyl groups excluding tert-OH is 1. The van der Waals surface area contributed by atoms with Crippen molar-refractivity contribution in [3.8, 4) is 0 Å². The topological polar surface area (TPSA) is 20.2 Å². The maximum Gasteiger partial charge on any atom is 0.0692 e. The summed E-state index contributed by atoms with van der Waals surface area (Å²) >= 11 is 7.45. The second-order valence-corrected chi connectivity index (χ2v) is 3.33. The number of hydrogen-bond acceptors (Lipinski definition) is 2. The van der Waals surface area contributed by atoms with Crippen molar-refractivity contribution < 1.29 is 5.11 Å². The zero-order valence-electron chi connectivity index (χ0n) is 5.21. The Morgan fingerprint density at radius 3 is 2.70 bits per heavy atom. The van der Waals surface area contributed by atoms with Crippen LogP contribution in [0.2, 0.25) is 0 Å². The van der Waals surface area contributed by atoms with Crippen LogP contribution in [0.3, 0.4) is 0 Å². The second-order valence-electron chi connectivity index (χ2n) is 1.93. The van der Waals surface area contributed by atoms with Crippen molar-refractivity contribution in [2.24, 2.45) is 0 Å². The molecular weight excluding hydrogens is 212 g/mol. The largest absolute Gasteiger partial charge is 0.392 e. The highest BCUT2D eigenvalue weighted by Gasteiger charge is 1.96. The third-order valence-electron chi connectivity index (χ3n) is 1.22. The van der Waals surface area contributed by atoms with Crippen LogP contribution in [-0.4, -0.2) is 5.11 Å². The maximum absolute atomic E-state index is 8.75. The van der Waals surface area contributed by atoms with E-state index >= 15 is 0 Å². The van der Waals surface area contributed by atoms with Gasteiger partial charge < -0.3 is 5.11 Å². The highest BCUT2D eigenvalue weighted by molar-refractivity contribution is 9.10. The lowest BCUT2D eigenvalue weighted by Gasteiger charge is -1.99. The van der Waals surface area contributed by atoms with Gasteiger partial charge in [0.25, 0.3) is 0 Å². The van der Waals surface area contributed by atoms with Crippen molar-refractivity contribution in [1.82, 2.24) is 0 Å². The van der Waals surface area contributed by atoms with Gasteiger partial charge in [-0.05, 0) is 17.7 Å². The van der Waals surface area contributed by atoms with Gasteiger partial charge in [0.1, 0.15) is 0 Å². The molecule has 0 saturated carbocycles. The van der Waals surface area contributed by atoms with Gasteiger partial charge in [0.15, 0.2) is 0 Å². The fraction of sp³-hybridized carbons (Fsp3) is 0.143. The Morgan fingerprint density at radius 1 is 1.50 bits per heavy atom. The van der Waals surface area contributed by atoms with Crippen LogP contribution in [0.25, 0.3) is 0 Å². The molecule has 10 heavy (non-hydrogen) atoms. The number of benzene rings is 1. The van der Waals surface area contributed by atoms with Gasteiger partial charge in [-0.15, -0.1) is 12.6 Å². The minimum Gasteiger partial charge on any atom is -0.392 e. The molecule has 0 atom stereocenters. The van der Waals surface area contributed by atoms with Gasteiger partial charge in [0, 0.05) is 9.37 Å². The van der Waals surface area contributed by atoms with Gasteiger partial charge in [-0.2, -0.15) is 0 Å². The first-order valence-electron chi connectivity index (χ1n) is 2.82. The van der Waals surface area contributed by atoms with Crippen molar-refractivity contribution in [3.05, 3.63) is 28.2 Å². The molecule has 1 N–H and O–H groups in total. The zero-order valence-corrected chi connectivity index (χ0v) is 7.69. The molecule has 0 amide bonds. The van der Waals surface area contributed by atoms with Crippen molar-refractivity contribution in [2.75, 3.05) is 0 Å². The van der Waals surface area contributed by atoms with Crippen LogP contribution in [0.5, 0.6) is 0 Å². The molecule has 1 aromatic carbocycles. The van der Waals surface area contributed by atoms with E-state index in [0.717, 1.165) is 14.9 Å². The van der Waals surface area contributed by atoms with E-state index < -0.39 is 0 Å². The maximum atomic E-state index is 8.75. The van der Waals surface area contributed by atoms with Crippen LogP contribution in [0, 0.1) is 0 Å². The van der Waals surface area contributed by atoms with E-state index in [9.17, 15) is 0 Å². The minimum absolute atomic E-state index is 0.0477. The highest BCUT2D eigenvalue weighted by Crippen LogP contribution is 2.19. The predicted octanol–water partition coefficient (Wildman–Crippen LogP) is 2.23. The molecule has 1 nitrogen and oxygen atoms in total. The molecule has 0 unspecified atom stereocenters. The van der Waals surface area contributed by atoms with E-state index in [1.54, 1.807) is 0 Å². The summed E-state index contributed by atoms with van der Waals surface area (Å²) in [6.45, 7) is 0.0477. The molecule has 54 valence electrons. The molecule has 0 aliphatic heterocycles. The van der Waals surface area contributed by atoms with E-state index in [-0.39, 0.29) is 6.61 Å². The summed E-state index contributed by atoms with van der Waals surface area (Å²) in [7, 11) is 0. The van der Waals surface area contributed by atoms with Crippen LogP contribution in [-0.2, 0) is 6.61 Å². The van der Waals surface area contributed by atoms with Gasteiger partial charge >= 0.3 is 0 Å². The Balaban J connectivity index is 3.07. The molecule has 0 aliphatic rings. The molecule has 3 heteroatoms. The standard InChI is InChI=1S/C7H7BrOS/c8-6-2-1-5(4-9)7(10)3-6/h1-3,9-10H,4H2. The first kappa shape index (κ1) is 8.11. The van der Waals surface area contributed by atoms with Gasteiger partial charge in [0.05, 0.1) is 6.61 Å². The zero-order chi connectivity index (χ0) is 7.56. The Kier molecular flexibility index (Phi) is 2.77. The van der Waals surface area contributed by atoms with Gasteiger partial charge in [-0.3, -0.25) is 0 Å². The quantitative estimate of drug-likeness (QED) is 0.694. The van der Waals surface area contributed by atoms with E-state index in [1.165, 1.54) is 0 Å². The summed E-state index contributed by atoms with van der Waals surface area (Å²) in [6, 6.07) is 5.58. The molecule has 0 saturated heterocycles. The summed E-state index contributed by atoms with van der Waals surface area (Å²) in [5.41, 5.74) is 0.853. The lowest BCUT2D eigenvalue weighted by atomic mass is 10.2. The van der Waals surface area contributed by atoms with Crippen molar-refractivity contribution in [2.45, 2.75) is 11.5 Å². The smallest absolute Gasteiger partial charge is 0.0692 e. The second kappa shape index (κ2) is 3.42. The summed E-state index contributed by atoms with van der Waals surface area (Å²) in [6.07, 6.45) is 0. The SMILES string of the molecule is OCc1ccc(Br)cc1S. The highest BCUT2D eigenvalue weighted by atomic mass is 79.9. The average molecular weight is 219 g/mol. The average Bonchev–Trinajstić information content (AvgIpc) is 1.88. The Labute approximate surface area is 73.6 Å². The Bertz CT molecular complexity index is 237. The Morgan fingerprint density at radius 2 is 2.20 bits per heavy atom. The van der Waals surface area contributed by atoms with Crippen molar-refractivity contribution in [1.29, 1.82) is 0 Å². The molecule has 0 heterocycles. The van der Waals surface area contributed by atoms with Gasteiger partial charge in [-0.25, -0.2) is 0 Å². The van der Waals surface area contributed by atoms with E-state index in [4.69, 9.17) is 5.11 Å². The summed E-state index contributed by atoms with van der Waals surface area (Å²) in [5, 5.41) is 8.75.